The lowest BCUT2D eigenvalue weighted by Crippen LogP contribution is -2.27. The lowest BCUT2D eigenvalue weighted by Gasteiger charge is -2.17. The summed E-state index contributed by atoms with van der Waals surface area (Å²) in [6.45, 7) is 5.70. The van der Waals surface area contributed by atoms with Gasteiger partial charge in [-0.2, -0.15) is 0 Å². The van der Waals surface area contributed by atoms with Gasteiger partial charge in [-0.05, 0) is 25.6 Å². The number of rotatable bonds is 8. The third-order valence-electron chi connectivity index (χ3n) is 3.76. The normalized spacial score (nSPS) is 11.7. The van der Waals surface area contributed by atoms with E-state index < -0.39 is 0 Å². The van der Waals surface area contributed by atoms with E-state index >= 15 is 0 Å². The maximum absolute atomic E-state index is 5.93. The van der Waals surface area contributed by atoms with Crippen molar-refractivity contribution in [1.82, 2.24) is 14.5 Å². The third-order valence-corrected chi connectivity index (χ3v) is 3.95. The van der Waals surface area contributed by atoms with Gasteiger partial charge in [0.05, 0.1) is 17.6 Å². The van der Waals surface area contributed by atoms with E-state index in [1.807, 2.05) is 0 Å². The molecule has 0 saturated heterocycles. The Morgan fingerprint density at radius 3 is 2.86 bits per heavy atom. The Hall–Kier alpha value is -1.10. The number of methoxy groups -OCH3 is 1. The van der Waals surface area contributed by atoms with E-state index in [4.69, 9.17) is 21.3 Å². The zero-order valence-electron chi connectivity index (χ0n) is 13.1. The molecule has 1 aromatic carbocycles. The molecule has 0 amide bonds. The summed E-state index contributed by atoms with van der Waals surface area (Å²) in [4.78, 5) is 7.05. The number of aromatic nitrogens is 2. The number of aryl methyl sites for hydroxylation is 2. The van der Waals surface area contributed by atoms with E-state index in [2.05, 4.69) is 41.6 Å². The van der Waals surface area contributed by atoms with Gasteiger partial charge in [-0.25, -0.2) is 4.98 Å². The summed E-state index contributed by atoms with van der Waals surface area (Å²) in [5, 5.41) is 0. The molecule has 0 aliphatic rings. The van der Waals surface area contributed by atoms with Crippen LogP contribution in [0.15, 0.2) is 18.2 Å². The van der Waals surface area contributed by atoms with E-state index in [0.717, 1.165) is 44.0 Å². The van der Waals surface area contributed by atoms with Gasteiger partial charge in [-0.3, -0.25) is 0 Å². The van der Waals surface area contributed by atoms with Crippen LogP contribution in [-0.2, 0) is 17.7 Å². The summed E-state index contributed by atoms with van der Waals surface area (Å²) in [5.74, 6) is 1.68. The Kier molecular flexibility index (Phi) is 6.03. The smallest absolute Gasteiger partial charge is 0.111 e. The molecule has 0 atom stereocenters. The van der Waals surface area contributed by atoms with Gasteiger partial charge in [0.2, 0.25) is 0 Å². The molecule has 0 saturated carbocycles. The summed E-state index contributed by atoms with van der Waals surface area (Å²) in [5.41, 5.74) is 3.52. The minimum Gasteiger partial charge on any atom is -0.383 e. The van der Waals surface area contributed by atoms with Gasteiger partial charge in [0.15, 0.2) is 0 Å². The molecule has 0 spiro atoms. The SMILES string of the molecule is COCCN(C)CCn1c(CCCl)nc2c(C)cccc21. The van der Waals surface area contributed by atoms with Crippen LogP contribution in [0.1, 0.15) is 11.4 Å². The van der Waals surface area contributed by atoms with Crippen molar-refractivity contribution in [2.24, 2.45) is 0 Å². The molecule has 5 heteroatoms. The first-order valence-electron chi connectivity index (χ1n) is 7.35. The van der Waals surface area contributed by atoms with Gasteiger partial charge in [0.25, 0.3) is 0 Å². The Morgan fingerprint density at radius 2 is 2.14 bits per heavy atom. The van der Waals surface area contributed by atoms with Crippen LogP contribution in [0, 0.1) is 6.92 Å². The minimum atomic E-state index is 0.599. The number of hydrogen-bond donors (Lipinski definition) is 0. The highest BCUT2D eigenvalue weighted by Gasteiger charge is 2.12. The quantitative estimate of drug-likeness (QED) is 0.702. The second kappa shape index (κ2) is 7.78. The number of alkyl halides is 1. The number of ether oxygens (including phenoxy) is 1. The predicted molar refractivity (Wildman–Crippen MR) is 88.3 cm³/mol. The summed E-state index contributed by atoms with van der Waals surface area (Å²) in [6.07, 6.45) is 0.803. The average Bonchev–Trinajstić information content (AvgIpc) is 2.82. The van der Waals surface area contributed by atoms with Crippen LogP contribution in [0.5, 0.6) is 0 Å². The Balaban J connectivity index is 2.20. The molecule has 0 radical (unpaired) electrons. The van der Waals surface area contributed by atoms with E-state index in [9.17, 15) is 0 Å². The molecule has 21 heavy (non-hydrogen) atoms. The molecule has 0 fully saturated rings. The Bertz CT molecular complexity index is 582. The van der Waals surface area contributed by atoms with Gasteiger partial charge in [-0.1, -0.05) is 12.1 Å². The number of benzene rings is 1. The van der Waals surface area contributed by atoms with Crippen LogP contribution >= 0.6 is 11.6 Å². The highest BCUT2D eigenvalue weighted by atomic mass is 35.5. The zero-order valence-corrected chi connectivity index (χ0v) is 13.9. The average molecular weight is 310 g/mol. The van der Waals surface area contributed by atoms with Crippen LogP contribution in [-0.4, -0.2) is 54.2 Å². The van der Waals surface area contributed by atoms with E-state index in [0.29, 0.717) is 5.88 Å². The number of fused-ring (bicyclic) bond motifs is 1. The zero-order chi connectivity index (χ0) is 15.2. The Morgan fingerprint density at radius 1 is 1.33 bits per heavy atom. The fourth-order valence-corrected chi connectivity index (χ4v) is 2.66. The van der Waals surface area contributed by atoms with Crippen molar-refractivity contribution in [3.05, 3.63) is 29.6 Å². The summed E-state index contributed by atoms with van der Waals surface area (Å²) >= 11 is 5.93. The lowest BCUT2D eigenvalue weighted by atomic mass is 10.2. The highest BCUT2D eigenvalue weighted by molar-refractivity contribution is 6.17. The standard InChI is InChI=1S/C16H24ClN3O/c1-13-5-4-6-14-16(13)18-15(7-8-17)20(14)10-9-19(2)11-12-21-3/h4-6H,7-12H2,1-3H3. The maximum Gasteiger partial charge on any atom is 0.111 e. The molecule has 0 unspecified atom stereocenters. The van der Waals surface area contributed by atoms with Gasteiger partial charge >= 0.3 is 0 Å². The first-order chi connectivity index (χ1) is 10.2. The van der Waals surface area contributed by atoms with Crippen LogP contribution in [0.2, 0.25) is 0 Å². The molecule has 0 bridgehead atoms. The second-order valence-corrected chi connectivity index (χ2v) is 5.74. The van der Waals surface area contributed by atoms with Crippen LogP contribution in [0.3, 0.4) is 0 Å². The van der Waals surface area contributed by atoms with Crippen molar-refractivity contribution >= 4 is 22.6 Å². The van der Waals surface area contributed by atoms with E-state index in [1.54, 1.807) is 7.11 Å². The van der Waals surface area contributed by atoms with Crippen molar-refractivity contribution in [3.63, 3.8) is 0 Å². The first kappa shape index (κ1) is 16.3. The predicted octanol–water partition coefficient (Wildman–Crippen LogP) is 2.70. The molecular formula is C16H24ClN3O. The number of hydrogen-bond acceptors (Lipinski definition) is 3. The molecular weight excluding hydrogens is 286 g/mol. The lowest BCUT2D eigenvalue weighted by molar-refractivity contribution is 0.159. The molecule has 1 heterocycles. The first-order valence-corrected chi connectivity index (χ1v) is 7.89. The molecule has 1 aromatic heterocycles. The van der Waals surface area contributed by atoms with Crippen molar-refractivity contribution in [3.8, 4) is 0 Å². The summed E-state index contributed by atoms with van der Waals surface area (Å²) in [6, 6.07) is 6.34. The number of nitrogens with zero attached hydrogens (tertiary/aromatic N) is 3. The van der Waals surface area contributed by atoms with Gasteiger partial charge in [0.1, 0.15) is 5.82 Å². The molecule has 0 aliphatic heterocycles. The monoisotopic (exact) mass is 309 g/mol. The van der Waals surface area contributed by atoms with E-state index in [1.165, 1.54) is 11.1 Å². The number of likely N-dealkylation sites (N-methyl/N-ethyl adjacent to an activating group) is 1. The fraction of sp³-hybridized carbons (Fsp3) is 0.562. The van der Waals surface area contributed by atoms with Gasteiger partial charge < -0.3 is 14.2 Å². The number of para-hydroxylation sites is 1. The molecule has 0 aliphatic carbocycles. The largest absolute Gasteiger partial charge is 0.383 e. The van der Waals surface area contributed by atoms with Crippen LogP contribution in [0.4, 0.5) is 0 Å². The van der Waals surface area contributed by atoms with E-state index in [-0.39, 0.29) is 0 Å². The molecule has 0 N–H and O–H groups in total. The topological polar surface area (TPSA) is 30.3 Å². The van der Waals surface area contributed by atoms with Crippen molar-refractivity contribution in [2.45, 2.75) is 19.9 Å². The number of imidazole rings is 1. The van der Waals surface area contributed by atoms with Crippen molar-refractivity contribution in [1.29, 1.82) is 0 Å². The molecule has 116 valence electrons. The number of halogens is 1. The highest BCUT2D eigenvalue weighted by Crippen LogP contribution is 2.20. The maximum atomic E-state index is 5.93. The summed E-state index contributed by atoms with van der Waals surface area (Å²) in [7, 11) is 3.85. The minimum absolute atomic E-state index is 0.599. The van der Waals surface area contributed by atoms with Crippen molar-refractivity contribution < 1.29 is 4.74 Å². The molecule has 2 aromatic rings. The van der Waals surface area contributed by atoms with Gasteiger partial charge in [0, 0.05) is 39.0 Å². The third kappa shape index (κ3) is 3.96. The fourth-order valence-electron chi connectivity index (χ4n) is 2.49. The van der Waals surface area contributed by atoms with Gasteiger partial charge in [-0.15, -0.1) is 11.6 Å². The van der Waals surface area contributed by atoms with Crippen LogP contribution in [0.25, 0.3) is 11.0 Å². The van der Waals surface area contributed by atoms with Crippen molar-refractivity contribution in [2.75, 3.05) is 39.7 Å². The second-order valence-electron chi connectivity index (χ2n) is 5.36. The van der Waals surface area contributed by atoms with Crippen LogP contribution < -0.4 is 0 Å². The Labute approximate surface area is 131 Å². The molecule has 4 nitrogen and oxygen atoms in total. The molecule has 2 rings (SSSR count). The summed E-state index contributed by atoms with van der Waals surface area (Å²) < 4.78 is 7.42.